The molecule has 1 N–H and O–H groups in total. The highest BCUT2D eigenvalue weighted by molar-refractivity contribution is 7.98. The number of aryl methyl sites for hydroxylation is 1. The largest absolute Gasteiger partial charge is 0.354 e. The number of thioether (sulfide) groups is 1. The summed E-state index contributed by atoms with van der Waals surface area (Å²) >= 11 is 1.59. The molecule has 5 nitrogen and oxygen atoms in total. The van der Waals surface area contributed by atoms with Gasteiger partial charge in [-0.05, 0) is 42.9 Å². The molecule has 2 aromatic carbocycles. The molecule has 0 spiro atoms. The summed E-state index contributed by atoms with van der Waals surface area (Å²) in [4.78, 5) is 12.2. The van der Waals surface area contributed by atoms with Crippen LogP contribution in [0.25, 0.3) is 0 Å². The minimum atomic E-state index is -3.57. The Bertz CT molecular complexity index is 887. The Morgan fingerprint density at radius 2 is 1.82 bits per heavy atom. The van der Waals surface area contributed by atoms with E-state index in [2.05, 4.69) is 5.32 Å². The molecule has 0 aliphatic rings. The zero-order valence-corrected chi connectivity index (χ0v) is 17.7. The maximum atomic E-state index is 13.5. The van der Waals surface area contributed by atoms with Gasteiger partial charge < -0.3 is 5.32 Å². The number of halogens is 1. The molecule has 1 amide bonds. The van der Waals surface area contributed by atoms with Crippen LogP contribution in [0.1, 0.15) is 17.5 Å². The fourth-order valence-electron chi connectivity index (χ4n) is 2.50. The Morgan fingerprint density at radius 3 is 2.46 bits per heavy atom. The van der Waals surface area contributed by atoms with Crippen molar-refractivity contribution in [1.29, 1.82) is 0 Å². The van der Waals surface area contributed by atoms with E-state index in [-0.39, 0.29) is 18.3 Å². The number of nitrogens with zero attached hydrogens (tertiary/aromatic N) is 1. The second-order valence-corrected chi connectivity index (χ2v) is 9.46. The van der Waals surface area contributed by atoms with Crippen LogP contribution in [-0.2, 0) is 20.6 Å². The third kappa shape index (κ3) is 7.16. The maximum absolute atomic E-state index is 13.5. The molecule has 2 rings (SSSR count). The molecule has 28 heavy (non-hydrogen) atoms. The molecule has 0 radical (unpaired) electrons. The lowest BCUT2D eigenvalue weighted by molar-refractivity contribution is -0.119. The third-order valence-corrected chi connectivity index (χ3v) is 6.25. The van der Waals surface area contributed by atoms with Crippen molar-refractivity contribution in [2.45, 2.75) is 19.1 Å². The molecular formula is C20H25FN2O3S2. The van der Waals surface area contributed by atoms with Crippen LogP contribution >= 0.6 is 11.8 Å². The van der Waals surface area contributed by atoms with Crippen LogP contribution in [0.5, 0.6) is 0 Å². The van der Waals surface area contributed by atoms with Crippen LogP contribution < -0.4 is 9.62 Å². The number of benzene rings is 2. The summed E-state index contributed by atoms with van der Waals surface area (Å²) in [6, 6.07) is 13.6. The molecule has 0 aliphatic heterocycles. The van der Waals surface area contributed by atoms with Crippen molar-refractivity contribution in [1.82, 2.24) is 5.32 Å². The number of carbonyl (C=O) groups is 1. The lowest BCUT2D eigenvalue weighted by atomic mass is 10.2. The number of carbonyl (C=O) groups excluding carboxylic acids is 1. The van der Waals surface area contributed by atoms with Crippen molar-refractivity contribution in [2.75, 3.05) is 29.4 Å². The van der Waals surface area contributed by atoms with Crippen molar-refractivity contribution in [2.24, 2.45) is 0 Å². The predicted octanol–water partition coefficient (Wildman–Crippen LogP) is 3.34. The number of nitrogens with one attached hydrogen (secondary N) is 1. The normalized spacial score (nSPS) is 11.2. The van der Waals surface area contributed by atoms with E-state index in [9.17, 15) is 17.6 Å². The number of anilines is 1. The topological polar surface area (TPSA) is 66.5 Å². The van der Waals surface area contributed by atoms with E-state index in [1.54, 1.807) is 54.2 Å². The number of rotatable bonds is 10. The minimum absolute atomic E-state index is 0.208. The molecule has 0 aromatic heterocycles. The van der Waals surface area contributed by atoms with E-state index in [1.807, 2.05) is 6.92 Å². The summed E-state index contributed by atoms with van der Waals surface area (Å²) in [6.07, 6.45) is 1.80. The average Bonchev–Trinajstić information content (AvgIpc) is 2.64. The average molecular weight is 425 g/mol. The Labute approximate surface area is 170 Å². The zero-order valence-electron chi connectivity index (χ0n) is 16.0. The van der Waals surface area contributed by atoms with Gasteiger partial charge in [-0.15, -0.1) is 0 Å². The standard InChI is InChI=1S/C20H25FN2O3S2/c1-16-8-10-18(11-9-16)23(28(2,25)26)14-20(24)22-12-5-13-27-15-17-6-3-4-7-19(17)21/h3-4,6-11H,5,12-15H2,1-2H3,(H,22,24). The van der Waals surface area contributed by atoms with Gasteiger partial charge in [0.15, 0.2) is 0 Å². The lowest BCUT2D eigenvalue weighted by Crippen LogP contribution is -2.40. The van der Waals surface area contributed by atoms with Crippen LogP contribution in [0.2, 0.25) is 0 Å². The first kappa shape index (κ1) is 22.2. The summed E-state index contributed by atoms with van der Waals surface area (Å²) in [5.41, 5.74) is 2.14. The van der Waals surface area contributed by atoms with Gasteiger partial charge in [0.2, 0.25) is 15.9 Å². The molecule has 0 saturated carbocycles. The molecule has 0 saturated heterocycles. The van der Waals surface area contributed by atoms with Gasteiger partial charge in [-0.1, -0.05) is 35.9 Å². The van der Waals surface area contributed by atoms with Crippen molar-refractivity contribution in [3.05, 3.63) is 65.5 Å². The van der Waals surface area contributed by atoms with Crippen LogP contribution in [-0.4, -0.2) is 39.4 Å². The predicted molar refractivity (Wildman–Crippen MR) is 114 cm³/mol. The van der Waals surface area contributed by atoms with E-state index >= 15 is 0 Å². The number of amides is 1. The van der Waals surface area contributed by atoms with Gasteiger partial charge in [-0.2, -0.15) is 11.8 Å². The van der Waals surface area contributed by atoms with E-state index in [0.29, 0.717) is 30.0 Å². The van der Waals surface area contributed by atoms with Crippen LogP contribution in [0, 0.1) is 12.7 Å². The maximum Gasteiger partial charge on any atom is 0.240 e. The fraction of sp³-hybridized carbons (Fsp3) is 0.350. The summed E-state index contributed by atoms with van der Waals surface area (Å²) < 4.78 is 38.7. The van der Waals surface area contributed by atoms with Crippen molar-refractivity contribution in [3.8, 4) is 0 Å². The van der Waals surface area contributed by atoms with Gasteiger partial charge in [0.1, 0.15) is 12.4 Å². The Kier molecular flexibility index (Phi) is 8.32. The molecule has 2 aromatic rings. The second-order valence-electron chi connectivity index (χ2n) is 6.45. The molecular weight excluding hydrogens is 399 g/mol. The second kappa shape index (κ2) is 10.5. The van der Waals surface area contributed by atoms with Crippen molar-refractivity contribution in [3.63, 3.8) is 0 Å². The fourth-order valence-corrected chi connectivity index (χ4v) is 4.30. The number of hydrogen-bond acceptors (Lipinski definition) is 4. The quantitative estimate of drug-likeness (QED) is 0.594. The van der Waals surface area contributed by atoms with Gasteiger partial charge in [0.05, 0.1) is 11.9 Å². The van der Waals surface area contributed by atoms with Gasteiger partial charge in [0, 0.05) is 12.3 Å². The van der Waals surface area contributed by atoms with Gasteiger partial charge in [0.25, 0.3) is 0 Å². The molecule has 0 aliphatic carbocycles. The number of sulfonamides is 1. The number of hydrogen-bond donors (Lipinski definition) is 1. The molecule has 152 valence electrons. The van der Waals surface area contributed by atoms with Crippen LogP contribution in [0.3, 0.4) is 0 Å². The first-order chi connectivity index (χ1) is 13.3. The van der Waals surface area contributed by atoms with Gasteiger partial charge in [-0.3, -0.25) is 9.10 Å². The molecule has 0 unspecified atom stereocenters. The van der Waals surface area contributed by atoms with Gasteiger partial charge in [-0.25, -0.2) is 12.8 Å². The zero-order chi connectivity index (χ0) is 20.6. The highest BCUT2D eigenvalue weighted by atomic mass is 32.2. The monoisotopic (exact) mass is 424 g/mol. The molecule has 0 bridgehead atoms. The Morgan fingerprint density at radius 1 is 1.14 bits per heavy atom. The molecule has 0 atom stereocenters. The third-order valence-electron chi connectivity index (χ3n) is 4.01. The molecule has 0 fully saturated rings. The summed E-state index contributed by atoms with van der Waals surface area (Å²) in [6.45, 7) is 2.09. The smallest absolute Gasteiger partial charge is 0.240 e. The lowest BCUT2D eigenvalue weighted by Gasteiger charge is -2.22. The summed E-state index contributed by atoms with van der Waals surface area (Å²) in [5, 5.41) is 2.74. The summed E-state index contributed by atoms with van der Waals surface area (Å²) in [7, 11) is -3.57. The van der Waals surface area contributed by atoms with E-state index in [0.717, 1.165) is 21.9 Å². The van der Waals surface area contributed by atoms with Gasteiger partial charge >= 0.3 is 0 Å². The Balaban J connectivity index is 1.75. The highest BCUT2D eigenvalue weighted by Gasteiger charge is 2.20. The first-order valence-electron chi connectivity index (χ1n) is 8.89. The van der Waals surface area contributed by atoms with E-state index < -0.39 is 10.0 Å². The minimum Gasteiger partial charge on any atom is -0.354 e. The first-order valence-corrected chi connectivity index (χ1v) is 11.9. The SMILES string of the molecule is Cc1ccc(N(CC(=O)NCCCSCc2ccccc2F)S(C)(=O)=O)cc1. The molecule has 8 heteroatoms. The van der Waals surface area contributed by atoms with E-state index in [4.69, 9.17) is 0 Å². The van der Waals surface area contributed by atoms with Crippen molar-refractivity contribution >= 4 is 33.4 Å². The Hall–Kier alpha value is -2.06. The molecule has 0 heterocycles. The van der Waals surface area contributed by atoms with E-state index in [1.165, 1.54) is 6.07 Å². The highest BCUT2D eigenvalue weighted by Crippen LogP contribution is 2.18. The van der Waals surface area contributed by atoms with Crippen molar-refractivity contribution < 1.29 is 17.6 Å². The van der Waals surface area contributed by atoms with Crippen LogP contribution in [0.4, 0.5) is 10.1 Å². The van der Waals surface area contributed by atoms with Crippen LogP contribution in [0.15, 0.2) is 48.5 Å². The summed E-state index contributed by atoms with van der Waals surface area (Å²) in [5.74, 6) is 0.781.